The molecule has 0 fully saturated rings. The van der Waals surface area contributed by atoms with Crippen LogP contribution in [0.3, 0.4) is 0 Å². The lowest BCUT2D eigenvalue weighted by atomic mass is 10.2. The fourth-order valence-corrected chi connectivity index (χ4v) is 3.32. The number of aromatic nitrogens is 4. The zero-order chi connectivity index (χ0) is 19.3. The topological polar surface area (TPSA) is 100 Å². The molecule has 0 bridgehead atoms. The summed E-state index contributed by atoms with van der Waals surface area (Å²) in [7, 11) is 1.58. The lowest BCUT2D eigenvalue weighted by molar-refractivity contribution is -0.113. The number of benzene rings is 2. The van der Waals surface area contributed by atoms with Gasteiger partial charge in [0.25, 0.3) is 0 Å². The number of methoxy groups -OCH3 is 1. The summed E-state index contributed by atoms with van der Waals surface area (Å²) >= 11 is 1.26. The number of hydrogen-bond acceptors (Lipinski definition) is 8. The van der Waals surface area contributed by atoms with Crippen LogP contribution in [0.5, 0.6) is 17.2 Å². The van der Waals surface area contributed by atoms with Gasteiger partial charge < -0.3 is 19.5 Å². The molecule has 4 rings (SSSR count). The number of anilines is 1. The highest BCUT2D eigenvalue weighted by Crippen LogP contribution is 2.32. The number of ether oxygens (including phenoxy) is 3. The monoisotopic (exact) mass is 399 g/mol. The molecule has 10 heteroatoms. The first kappa shape index (κ1) is 18.1. The molecule has 1 aliphatic heterocycles. The van der Waals surface area contributed by atoms with Crippen LogP contribution in [-0.2, 0) is 11.3 Å². The van der Waals surface area contributed by atoms with Crippen LogP contribution in [0.1, 0.15) is 5.56 Å². The Hall–Kier alpha value is -3.27. The van der Waals surface area contributed by atoms with Crippen molar-refractivity contribution >= 4 is 23.4 Å². The molecule has 144 valence electrons. The Bertz CT molecular complexity index is 994. The summed E-state index contributed by atoms with van der Waals surface area (Å²) in [4.78, 5) is 12.2. The van der Waals surface area contributed by atoms with Crippen molar-refractivity contribution < 1.29 is 19.0 Å². The Morgan fingerprint density at radius 1 is 1.25 bits per heavy atom. The summed E-state index contributed by atoms with van der Waals surface area (Å²) in [5.41, 5.74) is 1.64. The number of tetrazole rings is 1. The van der Waals surface area contributed by atoms with Gasteiger partial charge in [0.05, 0.1) is 19.4 Å². The van der Waals surface area contributed by atoms with Gasteiger partial charge in [-0.05, 0) is 40.3 Å². The molecule has 1 aromatic heterocycles. The normalized spacial score (nSPS) is 12.0. The van der Waals surface area contributed by atoms with E-state index in [0.29, 0.717) is 28.9 Å². The van der Waals surface area contributed by atoms with Crippen molar-refractivity contribution in [2.75, 3.05) is 25.0 Å². The molecule has 2 aromatic carbocycles. The summed E-state index contributed by atoms with van der Waals surface area (Å²) in [6.07, 6.45) is 0. The number of nitrogens with zero attached hydrogens (tertiary/aromatic N) is 4. The van der Waals surface area contributed by atoms with E-state index in [4.69, 9.17) is 14.2 Å². The lowest BCUT2D eigenvalue weighted by Crippen LogP contribution is -2.15. The smallest absolute Gasteiger partial charge is 0.234 e. The quantitative estimate of drug-likeness (QED) is 0.604. The number of amides is 1. The van der Waals surface area contributed by atoms with E-state index in [2.05, 4.69) is 20.8 Å². The molecule has 0 saturated heterocycles. The molecule has 0 saturated carbocycles. The molecule has 0 atom stereocenters. The second kappa shape index (κ2) is 8.17. The highest BCUT2D eigenvalue weighted by atomic mass is 32.2. The molecule has 0 radical (unpaired) electrons. The van der Waals surface area contributed by atoms with E-state index in [0.717, 1.165) is 11.3 Å². The van der Waals surface area contributed by atoms with E-state index in [1.165, 1.54) is 11.8 Å². The van der Waals surface area contributed by atoms with Crippen molar-refractivity contribution in [1.82, 2.24) is 20.2 Å². The molecule has 0 spiro atoms. The fourth-order valence-electron chi connectivity index (χ4n) is 2.64. The molecule has 0 unspecified atom stereocenters. The number of thioether (sulfide) groups is 1. The Morgan fingerprint density at radius 3 is 3.04 bits per heavy atom. The number of fused-ring (bicyclic) bond motifs is 1. The van der Waals surface area contributed by atoms with Gasteiger partial charge in [-0.2, -0.15) is 0 Å². The number of carbonyl (C=O) groups is 1. The first-order valence-electron chi connectivity index (χ1n) is 8.42. The average Bonchev–Trinajstić information content (AvgIpc) is 3.35. The van der Waals surface area contributed by atoms with Crippen LogP contribution in [0.25, 0.3) is 0 Å². The Morgan fingerprint density at radius 2 is 2.14 bits per heavy atom. The van der Waals surface area contributed by atoms with E-state index in [9.17, 15) is 4.79 Å². The number of nitrogens with one attached hydrogen (secondary N) is 1. The van der Waals surface area contributed by atoms with Crippen molar-refractivity contribution in [1.29, 1.82) is 0 Å². The third-order valence-corrected chi connectivity index (χ3v) is 4.91. The predicted octanol–water partition coefficient (Wildman–Crippen LogP) is 2.19. The van der Waals surface area contributed by atoms with Crippen molar-refractivity contribution in [2.24, 2.45) is 0 Å². The van der Waals surface area contributed by atoms with Gasteiger partial charge in [0, 0.05) is 11.8 Å². The van der Waals surface area contributed by atoms with Crippen LogP contribution in [0.15, 0.2) is 47.6 Å². The maximum atomic E-state index is 12.2. The molecular weight excluding hydrogens is 382 g/mol. The lowest BCUT2D eigenvalue weighted by Gasteiger charge is -2.07. The standard InChI is InChI=1S/C18H17N5O4S/c1-25-14-4-2-3-13(8-14)19-17(24)10-28-18-20-21-22-23(18)9-12-5-6-15-16(7-12)27-11-26-15/h2-8H,9-11H2,1H3,(H,19,24). The van der Waals surface area contributed by atoms with Crippen LogP contribution in [-0.4, -0.2) is 45.8 Å². The summed E-state index contributed by atoms with van der Waals surface area (Å²) in [5.74, 6) is 2.13. The summed E-state index contributed by atoms with van der Waals surface area (Å²) in [6.45, 7) is 0.691. The summed E-state index contributed by atoms with van der Waals surface area (Å²) in [6, 6.07) is 12.9. The van der Waals surface area contributed by atoms with E-state index in [1.54, 1.807) is 23.9 Å². The van der Waals surface area contributed by atoms with Crippen molar-refractivity contribution in [3.63, 3.8) is 0 Å². The largest absolute Gasteiger partial charge is 0.497 e. The summed E-state index contributed by atoms with van der Waals surface area (Å²) in [5, 5.41) is 15.1. The minimum absolute atomic E-state index is 0.157. The predicted molar refractivity (Wildman–Crippen MR) is 102 cm³/mol. The molecule has 28 heavy (non-hydrogen) atoms. The zero-order valence-electron chi connectivity index (χ0n) is 15.0. The first-order chi connectivity index (χ1) is 13.7. The Balaban J connectivity index is 1.36. The third kappa shape index (κ3) is 4.17. The minimum Gasteiger partial charge on any atom is -0.497 e. The maximum absolute atomic E-state index is 12.2. The third-order valence-electron chi connectivity index (χ3n) is 3.95. The Kier molecular flexibility index (Phi) is 5.29. The van der Waals surface area contributed by atoms with Gasteiger partial charge in [-0.3, -0.25) is 4.79 Å². The van der Waals surface area contributed by atoms with Crippen LogP contribution >= 0.6 is 11.8 Å². The molecule has 0 aliphatic carbocycles. The van der Waals surface area contributed by atoms with E-state index < -0.39 is 0 Å². The number of carbonyl (C=O) groups excluding carboxylic acids is 1. The maximum Gasteiger partial charge on any atom is 0.234 e. The van der Waals surface area contributed by atoms with E-state index in [1.807, 2.05) is 30.3 Å². The number of rotatable bonds is 7. The highest BCUT2D eigenvalue weighted by molar-refractivity contribution is 7.99. The van der Waals surface area contributed by atoms with Gasteiger partial charge in [-0.25, -0.2) is 4.68 Å². The average molecular weight is 399 g/mol. The molecule has 3 aromatic rings. The van der Waals surface area contributed by atoms with Crippen molar-refractivity contribution in [3.8, 4) is 17.2 Å². The Labute approximate surface area is 165 Å². The van der Waals surface area contributed by atoms with Gasteiger partial charge in [0.2, 0.25) is 17.9 Å². The van der Waals surface area contributed by atoms with Gasteiger partial charge in [0.1, 0.15) is 5.75 Å². The van der Waals surface area contributed by atoms with Crippen LogP contribution in [0.2, 0.25) is 0 Å². The molecule has 1 N–H and O–H groups in total. The molecule has 1 amide bonds. The van der Waals surface area contributed by atoms with Crippen molar-refractivity contribution in [3.05, 3.63) is 48.0 Å². The SMILES string of the molecule is COc1cccc(NC(=O)CSc2nnnn2Cc2ccc3c(c2)OCO3)c1. The highest BCUT2D eigenvalue weighted by Gasteiger charge is 2.15. The summed E-state index contributed by atoms with van der Waals surface area (Å²) < 4.78 is 17.5. The number of hydrogen-bond donors (Lipinski definition) is 1. The van der Waals surface area contributed by atoms with Crippen LogP contribution in [0.4, 0.5) is 5.69 Å². The van der Waals surface area contributed by atoms with Gasteiger partial charge in [-0.1, -0.05) is 23.9 Å². The van der Waals surface area contributed by atoms with Gasteiger partial charge in [-0.15, -0.1) is 5.10 Å². The van der Waals surface area contributed by atoms with Gasteiger partial charge in [0.15, 0.2) is 11.5 Å². The van der Waals surface area contributed by atoms with Crippen molar-refractivity contribution in [2.45, 2.75) is 11.7 Å². The molecule has 9 nitrogen and oxygen atoms in total. The van der Waals surface area contributed by atoms with Gasteiger partial charge >= 0.3 is 0 Å². The molecular formula is C18H17N5O4S. The zero-order valence-corrected chi connectivity index (χ0v) is 15.8. The van der Waals surface area contributed by atoms with Crippen LogP contribution < -0.4 is 19.5 Å². The van der Waals surface area contributed by atoms with E-state index >= 15 is 0 Å². The second-order valence-electron chi connectivity index (χ2n) is 5.88. The fraction of sp³-hybridized carbons (Fsp3) is 0.222. The molecule has 1 aliphatic rings. The van der Waals surface area contributed by atoms with E-state index in [-0.39, 0.29) is 18.5 Å². The second-order valence-corrected chi connectivity index (χ2v) is 6.82. The molecule has 2 heterocycles. The van der Waals surface area contributed by atoms with Crippen LogP contribution in [0, 0.1) is 0 Å². The first-order valence-corrected chi connectivity index (χ1v) is 9.41. The minimum atomic E-state index is -0.157.